The van der Waals surface area contributed by atoms with Crippen molar-refractivity contribution in [2.24, 2.45) is 0 Å². The van der Waals surface area contributed by atoms with Gasteiger partial charge in [0, 0.05) is 24.8 Å². The number of ether oxygens (including phenoxy) is 2. The molecule has 1 amide bonds. The molecule has 1 fully saturated rings. The van der Waals surface area contributed by atoms with Gasteiger partial charge in [0.15, 0.2) is 16.6 Å². The lowest BCUT2D eigenvalue weighted by atomic mass is 10.0. The molecule has 2 aliphatic rings. The molecule has 0 aromatic heterocycles. The summed E-state index contributed by atoms with van der Waals surface area (Å²) in [6.45, 7) is 3.43. The Bertz CT molecular complexity index is 1210. The molecule has 0 radical (unpaired) electrons. The molecule has 0 saturated carbocycles. The first-order valence-corrected chi connectivity index (χ1v) is 10.7. The second-order valence-electron chi connectivity index (χ2n) is 8.35. The number of halogens is 3. The van der Waals surface area contributed by atoms with E-state index in [9.17, 15) is 18.0 Å². The van der Waals surface area contributed by atoms with E-state index < -0.39 is 28.7 Å². The summed E-state index contributed by atoms with van der Waals surface area (Å²) in [5.74, 6) is 0.378. The van der Waals surface area contributed by atoms with Crippen LogP contribution in [-0.2, 0) is 11.0 Å². The van der Waals surface area contributed by atoms with Crippen LogP contribution in [0.1, 0.15) is 31.4 Å². The Morgan fingerprint density at radius 1 is 1.21 bits per heavy atom. The first kappa shape index (κ1) is 23.8. The fourth-order valence-electron chi connectivity index (χ4n) is 3.99. The van der Waals surface area contributed by atoms with Crippen LogP contribution in [0.4, 0.5) is 24.5 Å². The molecule has 1 unspecified atom stereocenters. The van der Waals surface area contributed by atoms with Gasteiger partial charge in [-0.2, -0.15) is 18.4 Å². The van der Waals surface area contributed by atoms with Gasteiger partial charge in [0.2, 0.25) is 0 Å². The van der Waals surface area contributed by atoms with E-state index in [1.165, 1.54) is 12.1 Å². The molecule has 2 aromatic carbocycles. The molecule has 1 atom stereocenters. The van der Waals surface area contributed by atoms with Gasteiger partial charge in [-0.05, 0) is 56.4 Å². The number of thiocarbonyl (C=S) groups is 1. The van der Waals surface area contributed by atoms with E-state index in [2.05, 4.69) is 0 Å². The Morgan fingerprint density at radius 3 is 2.56 bits per heavy atom. The van der Waals surface area contributed by atoms with Crippen LogP contribution in [0.2, 0.25) is 0 Å². The number of alkyl halides is 3. The van der Waals surface area contributed by atoms with Crippen molar-refractivity contribution in [3.63, 3.8) is 0 Å². The van der Waals surface area contributed by atoms with Gasteiger partial charge >= 0.3 is 6.18 Å². The summed E-state index contributed by atoms with van der Waals surface area (Å²) in [5.41, 5.74) is -2.49. The second kappa shape index (κ2) is 8.45. The first-order valence-electron chi connectivity index (χ1n) is 10.3. The van der Waals surface area contributed by atoms with E-state index in [0.717, 1.165) is 17.0 Å². The number of nitriles is 1. The van der Waals surface area contributed by atoms with Crippen molar-refractivity contribution in [1.82, 2.24) is 0 Å². The van der Waals surface area contributed by atoms with Gasteiger partial charge in [-0.1, -0.05) is 0 Å². The van der Waals surface area contributed by atoms with Crippen LogP contribution in [0.15, 0.2) is 36.4 Å². The molecule has 0 bridgehead atoms. The summed E-state index contributed by atoms with van der Waals surface area (Å²) in [4.78, 5) is 15.9. The number of carbonyl (C=O) groups excluding carboxylic acids is 1. The third-order valence-electron chi connectivity index (χ3n) is 5.71. The number of rotatable bonds is 4. The number of carbonyl (C=O) groups is 1. The Labute approximate surface area is 198 Å². The standard InChI is InChI=1S/C23H20F3N3O4S/c1-22(2)20(31)28(14-4-3-13(11-27)17(9-14)23(24,25)26)21(34)29(22)15-5-6-18-19(10-15)32-12-16(33-18)7-8-30/h3-6,9-10,16,30H,7-8,12H2,1-2H3. The number of aliphatic hydroxyl groups excluding tert-OH is 1. The highest BCUT2D eigenvalue weighted by molar-refractivity contribution is 7.81. The third-order valence-corrected chi connectivity index (χ3v) is 6.08. The average Bonchev–Trinajstić information content (AvgIpc) is 2.96. The van der Waals surface area contributed by atoms with Crippen molar-refractivity contribution in [3.05, 3.63) is 47.5 Å². The molecule has 4 rings (SSSR count). The van der Waals surface area contributed by atoms with Gasteiger partial charge < -0.3 is 19.5 Å². The highest BCUT2D eigenvalue weighted by atomic mass is 32.1. The maximum absolute atomic E-state index is 13.5. The molecule has 1 saturated heterocycles. The van der Waals surface area contributed by atoms with Crippen LogP contribution in [-0.4, -0.2) is 41.0 Å². The Morgan fingerprint density at radius 2 is 1.91 bits per heavy atom. The van der Waals surface area contributed by atoms with Gasteiger partial charge in [-0.15, -0.1) is 0 Å². The van der Waals surface area contributed by atoms with Crippen LogP contribution in [0.25, 0.3) is 0 Å². The summed E-state index contributed by atoms with van der Waals surface area (Å²) in [5, 5.41) is 18.2. The second-order valence-corrected chi connectivity index (χ2v) is 8.72. The summed E-state index contributed by atoms with van der Waals surface area (Å²) in [6.07, 6.45) is -4.65. The van der Waals surface area contributed by atoms with Crippen LogP contribution in [0, 0.1) is 11.3 Å². The van der Waals surface area contributed by atoms with Crippen molar-refractivity contribution in [1.29, 1.82) is 5.26 Å². The summed E-state index contributed by atoms with van der Waals surface area (Å²) >= 11 is 5.54. The summed E-state index contributed by atoms with van der Waals surface area (Å²) in [6, 6.07) is 9.55. The van der Waals surface area contributed by atoms with Crippen molar-refractivity contribution in [3.8, 4) is 17.6 Å². The minimum absolute atomic E-state index is 0.0114. The average molecular weight is 491 g/mol. The summed E-state index contributed by atoms with van der Waals surface area (Å²) in [7, 11) is 0. The molecule has 1 N–H and O–H groups in total. The van der Waals surface area contributed by atoms with E-state index in [-0.39, 0.29) is 30.1 Å². The van der Waals surface area contributed by atoms with E-state index in [0.29, 0.717) is 23.6 Å². The van der Waals surface area contributed by atoms with Gasteiger partial charge in [0.05, 0.1) is 22.9 Å². The molecular weight excluding hydrogens is 471 g/mol. The van der Waals surface area contributed by atoms with E-state index in [1.54, 1.807) is 36.9 Å². The van der Waals surface area contributed by atoms with Crippen molar-refractivity contribution in [2.75, 3.05) is 23.0 Å². The Balaban J connectivity index is 1.71. The van der Waals surface area contributed by atoms with Gasteiger partial charge in [-0.25, -0.2) is 0 Å². The van der Waals surface area contributed by atoms with Gasteiger partial charge in [0.25, 0.3) is 5.91 Å². The van der Waals surface area contributed by atoms with Gasteiger partial charge in [0.1, 0.15) is 18.2 Å². The zero-order valence-electron chi connectivity index (χ0n) is 18.2. The van der Waals surface area contributed by atoms with E-state index in [4.69, 9.17) is 32.1 Å². The number of anilines is 2. The highest BCUT2D eigenvalue weighted by Gasteiger charge is 2.51. The SMILES string of the molecule is CC1(C)C(=O)N(c2ccc(C#N)c(C(F)(F)F)c2)C(=S)N1c1ccc2c(c1)OCC(CCO)O2. The maximum Gasteiger partial charge on any atom is 0.417 e. The lowest BCUT2D eigenvalue weighted by molar-refractivity contribution is -0.137. The normalized spacial score (nSPS) is 19.4. The molecule has 11 heteroatoms. The molecule has 2 aromatic rings. The Kier molecular flexibility index (Phi) is 5.91. The maximum atomic E-state index is 13.5. The summed E-state index contributed by atoms with van der Waals surface area (Å²) < 4.78 is 52.0. The minimum atomic E-state index is -4.77. The number of amides is 1. The van der Waals surface area contributed by atoms with Crippen molar-refractivity contribution >= 4 is 34.6 Å². The lowest BCUT2D eigenvalue weighted by Gasteiger charge is -2.31. The number of benzene rings is 2. The quantitative estimate of drug-likeness (QED) is 0.647. The topological polar surface area (TPSA) is 86.0 Å². The van der Waals surface area contributed by atoms with Crippen molar-refractivity contribution < 1.29 is 32.5 Å². The number of hydrogen-bond donors (Lipinski definition) is 1. The molecule has 7 nitrogen and oxygen atoms in total. The minimum Gasteiger partial charge on any atom is -0.486 e. The predicted molar refractivity (Wildman–Crippen MR) is 121 cm³/mol. The smallest absolute Gasteiger partial charge is 0.417 e. The molecule has 178 valence electrons. The van der Waals surface area contributed by atoms with Crippen LogP contribution in [0.3, 0.4) is 0 Å². The first-order chi connectivity index (χ1) is 16.0. The van der Waals surface area contributed by atoms with E-state index in [1.807, 2.05) is 0 Å². The zero-order chi connectivity index (χ0) is 24.8. The number of nitrogens with zero attached hydrogens (tertiary/aromatic N) is 3. The Hall–Kier alpha value is -3.36. The monoisotopic (exact) mass is 491 g/mol. The van der Waals surface area contributed by atoms with E-state index >= 15 is 0 Å². The molecule has 0 aliphatic carbocycles. The molecule has 34 heavy (non-hydrogen) atoms. The van der Waals surface area contributed by atoms with Crippen molar-refractivity contribution in [2.45, 2.75) is 38.1 Å². The fraction of sp³-hybridized carbons (Fsp3) is 0.348. The highest BCUT2D eigenvalue weighted by Crippen LogP contribution is 2.42. The number of hydrogen-bond acceptors (Lipinski definition) is 6. The number of fused-ring (bicyclic) bond motifs is 1. The molecule has 0 spiro atoms. The lowest BCUT2D eigenvalue weighted by Crippen LogP contribution is -2.44. The number of aliphatic hydroxyl groups is 1. The van der Waals surface area contributed by atoms with Crippen LogP contribution < -0.4 is 19.3 Å². The molecule has 2 aliphatic heterocycles. The van der Waals surface area contributed by atoms with Crippen LogP contribution in [0.5, 0.6) is 11.5 Å². The fourth-order valence-corrected chi connectivity index (χ4v) is 4.51. The zero-order valence-corrected chi connectivity index (χ0v) is 19.0. The predicted octanol–water partition coefficient (Wildman–Crippen LogP) is 4.02. The largest absolute Gasteiger partial charge is 0.486 e. The molecular formula is C23H20F3N3O4S. The molecule has 2 heterocycles. The third kappa shape index (κ3) is 3.93. The van der Waals surface area contributed by atoms with Crippen LogP contribution >= 0.6 is 12.2 Å². The van der Waals surface area contributed by atoms with Gasteiger partial charge in [-0.3, -0.25) is 9.69 Å².